The van der Waals surface area contributed by atoms with Crippen molar-refractivity contribution >= 4 is 33.8 Å². The summed E-state index contributed by atoms with van der Waals surface area (Å²) in [5.74, 6) is 0.588. The lowest BCUT2D eigenvalue weighted by molar-refractivity contribution is 0.0293. The average Bonchev–Trinajstić information content (AvgIpc) is 2.70. The molecule has 2 heterocycles. The zero-order valence-electron chi connectivity index (χ0n) is 16.4. The highest BCUT2D eigenvalue weighted by molar-refractivity contribution is 8.26. The second-order valence-electron chi connectivity index (χ2n) is 7.27. The first kappa shape index (κ1) is 20.4. The predicted molar refractivity (Wildman–Crippen MR) is 118 cm³/mol. The molecule has 2 saturated heterocycles. The molecule has 2 aliphatic heterocycles. The molecule has 150 valence electrons. The third-order valence-corrected chi connectivity index (χ3v) is 6.31. The average molecular weight is 401 g/mol. The number of likely N-dealkylation sites (tertiary alicyclic amines) is 1. The van der Waals surface area contributed by atoms with Crippen molar-refractivity contribution in [1.29, 1.82) is 10.8 Å². The van der Waals surface area contributed by atoms with Crippen LogP contribution in [-0.2, 0) is 0 Å². The lowest BCUT2D eigenvalue weighted by atomic mass is 9.73. The van der Waals surface area contributed by atoms with Gasteiger partial charge in [-0.25, -0.2) is 0 Å². The second kappa shape index (κ2) is 8.79. The van der Waals surface area contributed by atoms with Crippen LogP contribution in [0.2, 0.25) is 0 Å². The summed E-state index contributed by atoms with van der Waals surface area (Å²) in [6.45, 7) is 3.97. The Morgan fingerprint density at radius 1 is 1.32 bits per heavy atom. The molecular weight excluding hydrogens is 372 g/mol. The Morgan fingerprint density at radius 3 is 2.64 bits per heavy atom. The first-order valence-electron chi connectivity index (χ1n) is 9.35. The van der Waals surface area contributed by atoms with Crippen molar-refractivity contribution in [2.24, 2.45) is 16.1 Å². The Kier molecular flexibility index (Phi) is 6.41. The Morgan fingerprint density at radius 2 is 2.04 bits per heavy atom. The van der Waals surface area contributed by atoms with Crippen LogP contribution < -0.4 is 15.8 Å². The second-order valence-corrected chi connectivity index (χ2v) is 8.27. The molecule has 0 radical (unpaired) electrons. The Bertz CT molecular complexity index is 805. The normalized spacial score (nSPS) is 18.9. The zero-order valence-corrected chi connectivity index (χ0v) is 17.2. The standard InChI is InChI=1S/C20H28N6OS/c1-24-11-15(10-21)14-3-4-16(17(9-14)27-2)18(22)28-19(23)26-12-20(13-26)5-7-25-8-6-20/h3-4,9-11,22-23,25H,5-8,12-13,21H2,1-2H3. The van der Waals surface area contributed by atoms with Crippen LogP contribution in [0, 0.1) is 16.2 Å². The van der Waals surface area contributed by atoms with Gasteiger partial charge in [0.15, 0.2) is 5.17 Å². The van der Waals surface area contributed by atoms with Crippen LogP contribution in [0.25, 0.3) is 5.57 Å². The van der Waals surface area contributed by atoms with Crippen molar-refractivity contribution in [2.45, 2.75) is 12.8 Å². The number of methoxy groups -OCH3 is 1. The molecule has 0 bridgehead atoms. The summed E-state index contributed by atoms with van der Waals surface area (Å²) in [4.78, 5) is 6.08. The maximum atomic E-state index is 8.48. The van der Waals surface area contributed by atoms with E-state index in [0.717, 1.165) is 37.3 Å². The van der Waals surface area contributed by atoms with E-state index in [1.807, 2.05) is 18.2 Å². The third kappa shape index (κ3) is 4.23. The monoisotopic (exact) mass is 400 g/mol. The molecule has 0 saturated carbocycles. The van der Waals surface area contributed by atoms with Crippen molar-refractivity contribution < 1.29 is 4.74 Å². The van der Waals surface area contributed by atoms with Crippen molar-refractivity contribution in [3.8, 4) is 5.75 Å². The number of nitrogens with two attached hydrogens (primary N) is 1. The number of nitrogens with one attached hydrogen (secondary N) is 3. The summed E-state index contributed by atoms with van der Waals surface area (Å²) in [6, 6.07) is 5.58. The van der Waals surface area contributed by atoms with Gasteiger partial charge in [-0.15, -0.1) is 0 Å². The fraction of sp³-hybridized carbons (Fsp3) is 0.450. The molecule has 28 heavy (non-hydrogen) atoms. The van der Waals surface area contributed by atoms with Gasteiger partial charge >= 0.3 is 0 Å². The van der Waals surface area contributed by atoms with Gasteiger partial charge in [0.1, 0.15) is 10.8 Å². The Balaban J connectivity index is 1.66. The van der Waals surface area contributed by atoms with E-state index in [0.29, 0.717) is 26.9 Å². The molecule has 0 aliphatic carbocycles. The van der Waals surface area contributed by atoms with Crippen LogP contribution in [0.3, 0.4) is 0 Å². The number of allylic oxidation sites excluding steroid dienone is 1. The molecule has 0 amide bonds. The van der Waals surface area contributed by atoms with E-state index in [1.54, 1.807) is 20.4 Å². The number of rotatable bonds is 4. The highest BCUT2D eigenvalue weighted by atomic mass is 32.2. The van der Waals surface area contributed by atoms with E-state index in [4.69, 9.17) is 21.3 Å². The molecule has 3 rings (SSSR count). The SMILES string of the molecule is CN=CC(=CN)c1ccc(C(=N)SC(=N)N2CC3(CCNCC3)C2)c(OC)c1. The molecule has 1 spiro atoms. The predicted octanol–water partition coefficient (Wildman–Crippen LogP) is 2.37. The van der Waals surface area contributed by atoms with E-state index in [1.165, 1.54) is 30.8 Å². The van der Waals surface area contributed by atoms with Gasteiger partial charge in [-0.05, 0) is 55.4 Å². The smallest absolute Gasteiger partial charge is 0.162 e. The van der Waals surface area contributed by atoms with Crippen molar-refractivity contribution in [2.75, 3.05) is 40.3 Å². The molecular formula is C20H28N6OS. The lowest BCUT2D eigenvalue weighted by Gasteiger charge is -2.53. The van der Waals surface area contributed by atoms with E-state index < -0.39 is 0 Å². The zero-order chi connectivity index (χ0) is 20.1. The number of hydrogen-bond donors (Lipinski definition) is 4. The highest BCUT2D eigenvalue weighted by Crippen LogP contribution is 2.40. The van der Waals surface area contributed by atoms with E-state index >= 15 is 0 Å². The number of ether oxygens (including phenoxy) is 1. The van der Waals surface area contributed by atoms with Gasteiger partial charge < -0.3 is 20.7 Å². The van der Waals surface area contributed by atoms with Crippen LogP contribution in [-0.4, -0.2) is 61.7 Å². The first-order chi connectivity index (χ1) is 13.5. The number of nitrogens with zero attached hydrogens (tertiary/aromatic N) is 2. The van der Waals surface area contributed by atoms with Crippen molar-refractivity contribution in [3.63, 3.8) is 0 Å². The number of benzene rings is 1. The summed E-state index contributed by atoms with van der Waals surface area (Å²) in [7, 11) is 3.28. The Labute approximate surface area is 170 Å². The number of hydrogen-bond acceptors (Lipinski definition) is 7. The summed E-state index contributed by atoms with van der Waals surface area (Å²) < 4.78 is 5.49. The lowest BCUT2D eigenvalue weighted by Crippen LogP contribution is -2.60. The van der Waals surface area contributed by atoms with Gasteiger partial charge in [-0.2, -0.15) is 0 Å². The summed E-state index contributed by atoms with van der Waals surface area (Å²) in [5, 5.41) is 21.0. The number of amidine groups is 1. The molecule has 7 nitrogen and oxygen atoms in total. The maximum absolute atomic E-state index is 8.48. The quantitative estimate of drug-likeness (QED) is 0.458. The number of piperidine rings is 1. The fourth-order valence-electron chi connectivity index (χ4n) is 3.81. The van der Waals surface area contributed by atoms with E-state index in [9.17, 15) is 0 Å². The summed E-state index contributed by atoms with van der Waals surface area (Å²) in [6.07, 6.45) is 5.53. The summed E-state index contributed by atoms with van der Waals surface area (Å²) in [5.41, 5.74) is 8.37. The largest absolute Gasteiger partial charge is 0.496 e. The van der Waals surface area contributed by atoms with Crippen molar-refractivity contribution in [1.82, 2.24) is 10.2 Å². The third-order valence-electron chi connectivity index (χ3n) is 5.43. The topological polar surface area (TPSA) is 111 Å². The molecule has 2 fully saturated rings. The van der Waals surface area contributed by atoms with Gasteiger partial charge in [0.2, 0.25) is 0 Å². The molecule has 0 atom stereocenters. The molecule has 2 aliphatic rings. The molecule has 0 aromatic heterocycles. The molecule has 0 unspecified atom stereocenters. The van der Waals surface area contributed by atoms with Crippen LogP contribution in [0.1, 0.15) is 24.0 Å². The van der Waals surface area contributed by atoms with Crippen molar-refractivity contribution in [3.05, 3.63) is 35.5 Å². The van der Waals surface area contributed by atoms with Crippen LogP contribution in [0.5, 0.6) is 5.75 Å². The van der Waals surface area contributed by atoms with Gasteiger partial charge in [0.05, 0.1) is 7.11 Å². The van der Waals surface area contributed by atoms with Crippen LogP contribution >= 0.6 is 11.8 Å². The fourth-order valence-corrected chi connectivity index (χ4v) is 4.54. The minimum Gasteiger partial charge on any atom is -0.496 e. The van der Waals surface area contributed by atoms with E-state index in [2.05, 4.69) is 15.2 Å². The molecule has 1 aromatic rings. The summed E-state index contributed by atoms with van der Waals surface area (Å²) >= 11 is 1.18. The molecule has 1 aromatic carbocycles. The van der Waals surface area contributed by atoms with Gasteiger partial charge in [-0.3, -0.25) is 15.8 Å². The first-order valence-corrected chi connectivity index (χ1v) is 10.2. The molecule has 5 N–H and O–H groups in total. The molecule has 8 heteroatoms. The minimum absolute atomic E-state index is 0.307. The van der Waals surface area contributed by atoms with Gasteiger partial charge in [0.25, 0.3) is 0 Å². The van der Waals surface area contributed by atoms with Crippen LogP contribution in [0.4, 0.5) is 0 Å². The van der Waals surface area contributed by atoms with Gasteiger partial charge in [0, 0.05) is 49.1 Å². The van der Waals surface area contributed by atoms with E-state index in [-0.39, 0.29) is 0 Å². The number of thioether (sulfide) groups is 1. The Hall–Kier alpha value is -2.32. The van der Waals surface area contributed by atoms with Crippen LogP contribution in [0.15, 0.2) is 29.4 Å². The minimum atomic E-state index is 0.307. The number of aliphatic imine (C=N–C) groups is 1. The highest BCUT2D eigenvalue weighted by Gasteiger charge is 2.44. The maximum Gasteiger partial charge on any atom is 0.162 e. The van der Waals surface area contributed by atoms with Gasteiger partial charge in [-0.1, -0.05) is 6.07 Å².